The van der Waals surface area contributed by atoms with Gasteiger partial charge in [-0.3, -0.25) is 0 Å². The van der Waals surface area contributed by atoms with Crippen LogP contribution in [0.1, 0.15) is 32.4 Å². The Hall–Kier alpha value is -0.120. The van der Waals surface area contributed by atoms with Crippen LogP contribution in [0.25, 0.3) is 0 Å². The van der Waals surface area contributed by atoms with E-state index in [1.54, 1.807) is 6.07 Å². The fourth-order valence-corrected chi connectivity index (χ4v) is 1.82. The average Bonchev–Trinajstić information content (AvgIpc) is 2.10. The number of aliphatic hydroxyl groups is 1. The first-order chi connectivity index (χ1) is 6.75. The van der Waals surface area contributed by atoms with Crippen LogP contribution in [-0.4, -0.2) is 5.11 Å². The van der Waals surface area contributed by atoms with Crippen LogP contribution >= 0.6 is 27.5 Å². The second-order valence-corrected chi connectivity index (χ2v) is 5.79. The van der Waals surface area contributed by atoms with Crippen LogP contribution in [0.4, 0.5) is 4.39 Å². The van der Waals surface area contributed by atoms with Crippen molar-refractivity contribution >= 4 is 27.5 Å². The third-order valence-electron chi connectivity index (χ3n) is 2.17. The van der Waals surface area contributed by atoms with E-state index in [1.165, 1.54) is 6.07 Å². The molecule has 0 aliphatic carbocycles. The van der Waals surface area contributed by atoms with Crippen molar-refractivity contribution in [3.63, 3.8) is 0 Å². The van der Waals surface area contributed by atoms with Crippen LogP contribution in [-0.2, 0) is 0 Å². The monoisotopic (exact) mass is 294 g/mol. The predicted octanol–water partition coefficient (Wildman–Crippen LogP) is 4.32. The van der Waals surface area contributed by atoms with E-state index in [0.717, 1.165) is 0 Å². The quantitative estimate of drug-likeness (QED) is 0.765. The summed E-state index contributed by atoms with van der Waals surface area (Å²) in [5, 5.41) is 10.2. The number of halogens is 3. The van der Waals surface area contributed by atoms with Crippen molar-refractivity contribution in [2.24, 2.45) is 5.41 Å². The predicted molar refractivity (Wildman–Crippen MR) is 63.5 cm³/mol. The molecule has 1 aromatic carbocycles. The molecule has 1 nitrogen and oxygen atoms in total. The van der Waals surface area contributed by atoms with Gasteiger partial charge in [0.2, 0.25) is 0 Å². The van der Waals surface area contributed by atoms with E-state index in [0.29, 0.717) is 4.47 Å². The summed E-state index contributed by atoms with van der Waals surface area (Å²) in [5.41, 5.74) is -0.302. The molecule has 15 heavy (non-hydrogen) atoms. The van der Waals surface area contributed by atoms with Crippen molar-refractivity contribution in [1.82, 2.24) is 0 Å². The zero-order valence-corrected chi connectivity index (χ0v) is 11.2. The molecular formula is C11H13BrClFO. The van der Waals surface area contributed by atoms with Gasteiger partial charge < -0.3 is 5.11 Å². The molecule has 0 saturated heterocycles. The minimum atomic E-state index is -0.928. The second-order valence-electron chi connectivity index (χ2n) is 4.53. The summed E-state index contributed by atoms with van der Waals surface area (Å²) in [6, 6.07) is 3.09. The van der Waals surface area contributed by atoms with Crippen LogP contribution in [0.5, 0.6) is 0 Å². The summed E-state index contributed by atoms with van der Waals surface area (Å²) in [4.78, 5) is 0. The lowest BCUT2D eigenvalue weighted by atomic mass is 9.84. The Bertz CT molecular complexity index is 374. The first-order valence-electron chi connectivity index (χ1n) is 4.56. The van der Waals surface area contributed by atoms with Gasteiger partial charge in [0.25, 0.3) is 0 Å². The molecule has 0 saturated carbocycles. The lowest BCUT2D eigenvalue weighted by molar-refractivity contribution is 0.0594. The molecule has 0 spiro atoms. The Balaban J connectivity index is 3.31. The number of benzene rings is 1. The number of hydrogen-bond donors (Lipinski definition) is 1. The van der Waals surface area contributed by atoms with E-state index in [2.05, 4.69) is 15.9 Å². The second kappa shape index (κ2) is 4.40. The van der Waals surface area contributed by atoms with Crippen LogP contribution in [0, 0.1) is 11.2 Å². The molecule has 1 aromatic rings. The van der Waals surface area contributed by atoms with E-state index in [1.807, 2.05) is 20.8 Å². The van der Waals surface area contributed by atoms with E-state index < -0.39 is 17.3 Å². The van der Waals surface area contributed by atoms with Crippen LogP contribution in [0.15, 0.2) is 16.6 Å². The highest BCUT2D eigenvalue weighted by atomic mass is 79.9. The zero-order valence-electron chi connectivity index (χ0n) is 8.81. The van der Waals surface area contributed by atoms with Gasteiger partial charge in [0, 0.05) is 10.6 Å². The highest BCUT2D eigenvalue weighted by Gasteiger charge is 2.29. The molecule has 0 amide bonds. The number of hydrogen-bond acceptors (Lipinski definition) is 1. The average molecular weight is 296 g/mol. The summed E-state index contributed by atoms with van der Waals surface area (Å²) in [7, 11) is 0. The van der Waals surface area contributed by atoms with Gasteiger partial charge in [0.15, 0.2) is 0 Å². The van der Waals surface area contributed by atoms with Crippen LogP contribution < -0.4 is 0 Å². The van der Waals surface area contributed by atoms with Gasteiger partial charge in [-0.05, 0) is 33.5 Å². The van der Waals surface area contributed by atoms with Crippen LogP contribution in [0.3, 0.4) is 0 Å². The molecule has 0 radical (unpaired) electrons. The molecule has 1 rings (SSSR count). The molecule has 0 heterocycles. The number of aliphatic hydroxyl groups excluding tert-OH is 1. The van der Waals surface area contributed by atoms with Crippen LogP contribution in [0.2, 0.25) is 5.02 Å². The van der Waals surface area contributed by atoms with E-state index in [-0.39, 0.29) is 10.6 Å². The first kappa shape index (κ1) is 12.9. The summed E-state index contributed by atoms with van der Waals surface area (Å²) in [6.07, 6.45) is -0.928. The molecule has 0 bridgehead atoms. The third-order valence-corrected chi connectivity index (χ3v) is 3.12. The van der Waals surface area contributed by atoms with Gasteiger partial charge in [-0.1, -0.05) is 32.4 Å². The maximum Gasteiger partial charge on any atom is 0.144 e. The van der Waals surface area contributed by atoms with E-state index >= 15 is 0 Å². The van der Waals surface area contributed by atoms with Gasteiger partial charge >= 0.3 is 0 Å². The van der Waals surface area contributed by atoms with Crippen molar-refractivity contribution in [1.29, 1.82) is 0 Å². The lowest BCUT2D eigenvalue weighted by Crippen LogP contribution is -2.19. The molecule has 1 N–H and O–H groups in total. The summed E-state index contributed by atoms with van der Waals surface area (Å²) < 4.78 is 14.1. The molecule has 0 aliphatic heterocycles. The molecule has 1 atom stereocenters. The van der Waals surface area contributed by atoms with Gasteiger partial charge in [0.05, 0.1) is 10.6 Å². The molecule has 84 valence electrons. The van der Waals surface area contributed by atoms with E-state index in [4.69, 9.17) is 11.6 Å². The normalized spacial score (nSPS) is 14.1. The number of rotatable bonds is 1. The highest BCUT2D eigenvalue weighted by molar-refractivity contribution is 9.10. The molecule has 0 aliphatic rings. The van der Waals surface area contributed by atoms with Gasteiger partial charge in [-0.25, -0.2) is 4.39 Å². The summed E-state index contributed by atoms with van der Waals surface area (Å²) in [5.74, 6) is -0.495. The van der Waals surface area contributed by atoms with Crippen molar-refractivity contribution < 1.29 is 9.50 Å². The first-order valence-corrected chi connectivity index (χ1v) is 5.73. The Kier molecular flexibility index (Phi) is 3.80. The maximum absolute atomic E-state index is 13.8. The van der Waals surface area contributed by atoms with Gasteiger partial charge in [-0.15, -0.1) is 0 Å². The van der Waals surface area contributed by atoms with Gasteiger partial charge in [0.1, 0.15) is 5.82 Å². The molecule has 0 fully saturated rings. The SMILES string of the molecule is CC(C)(C)C(O)c1c(Cl)ccc(Br)c1F. The van der Waals surface area contributed by atoms with Crippen molar-refractivity contribution in [2.45, 2.75) is 26.9 Å². The molecule has 0 aromatic heterocycles. The van der Waals surface area contributed by atoms with Crippen molar-refractivity contribution in [2.75, 3.05) is 0 Å². The Labute approximate surface area is 102 Å². The fourth-order valence-electron chi connectivity index (χ4n) is 1.23. The fraction of sp³-hybridized carbons (Fsp3) is 0.455. The summed E-state index contributed by atoms with van der Waals surface area (Å²) >= 11 is 8.95. The van der Waals surface area contributed by atoms with Gasteiger partial charge in [-0.2, -0.15) is 0 Å². The topological polar surface area (TPSA) is 20.2 Å². The minimum absolute atomic E-state index is 0.151. The Morgan fingerprint density at radius 1 is 1.40 bits per heavy atom. The summed E-state index contributed by atoms with van der Waals surface area (Å²) in [6.45, 7) is 5.48. The Morgan fingerprint density at radius 2 is 1.93 bits per heavy atom. The lowest BCUT2D eigenvalue weighted by Gasteiger charge is -2.27. The Morgan fingerprint density at radius 3 is 2.40 bits per heavy atom. The van der Waals surface area contributed by atoms with Crippen molar-refractivity contribution in [3.05, 3.63) is 33.0 Å². The molecule has 4 heteroatoms. The van der Waals surface area contributed by atoms with E-state index in [9.17, 15) is 9.50 Å². The standard InChI is InChI=1S/C11H13BrClFO/c1-11(2,3)10(15)8-7(13)5-4-6(12)9(8)14/h4-5,10,15H,1-3H3. The third kappa shape index (κ3) is 2.71. The zero-order chi connectivity index (χ0) is 11.8. The minimum Gasteiger partial charge on any atom is -0.388 e. The maximum atomic E-state index is 13.8. The van der Waals surface area contributed by atoms with Crippen molar-refractivity contribution in [3.8, 4) is 0 Å². The largest absolute Gasteiger partial charge is 0.388 e. The molecular weight excluding hydrogens is 282 g/mol. The smallest absolute Gasteiger partial charge is 0.144 e. The highest BCUT2D eigenvalue weighted by Crippen LogP contribution is 2.39. The molecule has 1 unspecified atom stereocenters.